The molecular weight excluding hydrogens is 517 g/mol. The van der Waals surface area contributed by atoms with Crippen molar-refractivity contribution in [3.05, 3.63) is 57.9 Å². The van der Waals surface area contributed by atoms with E-state index in [-0.39, 0.29) is 35.7 Å². The van der Waals surface area contributed by atoms with Gasteiger partial charge in [0.05, 0.1) is 16.9 Å². The zero-order valence-corrected chi connectivity index (χ0v) is 23.4. The van der Waals surface area contributed by atoms with Gasteiger partial charge >= 0.3 is 6.18 Å². The highest BCUT2D eigenvalue weighted by molar-refractivity contribution is 6.31. The second-order valence-electron chi connectivity index (χ2n) is 10.5. The molecule has 0 spiro atoms. The van der Waals surface area contributed by atoms with Gasteiger partial charge in [-0.2, -0.15) is 13.2 Å². The molecule has 2 heterocycles. The molecule has 1 aromatic heterocycles. The van der Waals surface area contributed by atoms with E-state index < -0.39 is 17.8 Å². The summed E-state index contributed by atoms with van der Waals surface area (Å²) in [6.45, 7) is 11.9. The van der Waals surface area contributed by atoms with Gasteiger partial charge in [-0.05, 0) is 62.9 Å². The molecule has 0 atom stereocenters. The van der Waals surface area contributed by atoms with Crippen molar-refractivity contribution in [1.82, 2.24) is 14.8 Å². The third kappa shape index (κ3) is 7.47. The molecule has 0 unspecified atom stereocenters. The van der Waals surface area contributed by atoms with Gasteiger partial charge in [-0.25, -0.2) is 4.98 Å². The third-order valence-corrected chi connectivity index (χ3v) is 6.93. The van der Waals surface area contributed by atoms with Crippen LogP contribution in [0, 0.1) is 12.8 Å². The van der Waals surface area contributed by atoms with Crippen LogP contribution in [0.1, 0.15) is 67.8 Å². The number of benzene rings is 1. The molecule has 2 amide bonds. The lowest BCUT2D eigenvalue weighted by Gasteiger charge is -2.30. The summed E-state index contributed by atoms with van der Waals surface area (Å²) in [7, 11) is 0. The van der Waals surface area contributed by atoms with Crippen molar-refractivity contribution >= 4 is 29.1 Å². The molecule has 0 saturated heterocycles. The van der Waals surface area contributed by atoms with E-state index in [0.717, 1.165) is 24.6 Å². The summed E-state index contributed by atoms with van der Waals surface area (Å²) in [6.07, 6.45) is -3.48. The van der Waals surface area contributed by atoms with E-state index in [0.29, 0.717) is 36.8 Å². The van der Waals surface area contributed by atoms with Gasteiger partial charge in [0.1, 0.15) is 5.69 Å². The Morgan fingerprint density at radius 1 is 1.03 bits per heavy atom. The van der Waals surface area contributed by atoms with Crippen molar-refractivity contribution in [3.63, 3.8) is 0 Å². The number of hydrogen-bond acceptors (Lipinski definition) is 4. The van der Waals surface area contributed by atoms with Crippen LogP contribution in [0.3, 0.4) is 0 Å². The first kappa shape index (κ1) is 29.9. The molecule has 1 aromatic carbocycles. The van der Waals surface area contributed by atoms with Crippen molar-refractivity contribution in [3.8, 4) is 0 Å². The summed E-state index contributed by atoms with van der Waals surface area (Å²) in [4.78, 5) is 36.3. The number of amides is 2. The van der Waals surface area contributed by atoms with Crippen LogP contribution in [0.2, 0.25) is 5.02 Å². The summed E-state index contributed by atoms with van der Waals surface area (Å²) in [5, 5.41) is 0.477. The molecule has 1 aliphatic heterocycles. The highest BCUT2D eigenvalue weighted by Gasteiger charge is 2.33. The molecule has 0 radical (unpaired) electrons. The van der Waals surface area contributed by atoms with E-state index >= 15 is 0 Å². The van der Waals surface area contributed by atoms with E-state index in [1.54, 1.807) is 21.9 Å². The number of hydrogen-bond donors (Lipinski definition) is 0. The van der Waals surface area contributed by atoms with Gasteiger partial charge in [-0.1, -0.05) is 31.5 Å². The van der Waals surface area contributed by atoms with E-state index in [2.05, 4.69) is 23.7 Å². The van der Waals surface area contributed by atoms with Gasteiger partial charge in [0, 0.05) is 50.2 Å². The number of nitrogens with zero attached hydrogens (tertiary/aromatic N) is 4. The van der Waals surface area contributed by atoms with Gasteiger partial charge in [0.2, 0.25) is 5.91 Å². The van der Waals surface area contributed by atoms with Crippen LogP contribution >= 0.6 is 11.6 Å². The molecule has 2 aromatic rings. The number of alkyl halides is 3. The van der Waals surface area contributed by atoms with Gasteiger partial charge in [-0.3, -0.25) is 14.5 Å². The highest BCUT2D eigenvalue weighted by Crippen LogP contribution is 2.31. The van der Waals surface area contributed by atoms with Crippen LogP contribution in [0.15, 0.2) is 30.3 Å². The number of aryl methyl sites for hydroxylation is 1. The average Bonchev–Trinajstić information content (AvgIpc) is 2.85. The minimum absolute atomic E-state index is 0.0143. The standard InChI is InChI=1S/C28H36ClF3N4O2/c1-18(2)15-26(37)36-12-6-11-34(19(3)4)13-14-35(17-21-7-8-22(29)16-24(21)36)27(38)23-9-10-25(28(30,31)32)33-20(23)5/h7-10,16,18-19H,6,11-15,17H2,1-5H3. The predicted molar refractivity (Wildman–Crippen MR) is 143 cm³/mol. The minimum atomic E-state index is -4.59. The lowest BCUT2D eigenvalue weighted by molar-refractivity contribution is -0.141. The van der Waals surface area contributed by atoms with E-state index in [9.17, 15) is 22.8 Å². The van der Waals surface area contributed by atoms with Crippen LogP contribution in [0.25, 0.3) is 0 Å². The number of halogens is 4. The summed E-state index contributed by atoms with van der Waals surface area (Å²) in [5.74, 6) is -0.254. The molecule has 208 valence electrons. The van der Waals surface area contributed by atoms with Crippen LogP contribution in [-0.2, 0) is 17.5 Å². The predicted octanol–water partition coefficient (Wildman–Crippen LogP) is 6.20. The maximum Gasteiger partial charge on any atom is 0.433 e. The first-order valence-electron chi connectivity index (χ1n) is 12.9. The second-order valence-corrected chi connectivity index (χ2v) is 10.9. The maximum atomic E-state index is 13.7. The Labute approximate surface area is 227 Å². The van der Waals surface area contributed by atoms with Crippen LogP contribution < -0.4 is 4.90 Å². The number of carbonyl (C=O) groups excluding carboxylic acids is 2. The summed E-state index contributed by atoms with van der Waals surface area (Å²) in [5.41, 5.74) is 0.503. The quantitative estimate of drug-likeness (QED) is 0.453. The normalized spacial score (nSPS) is 16.0. The number of rotatable bonds is 4. The summed E-state index contributed by atoms with van der Waals surface area (Å²) in [6, 6.07) is 7.52. The molecule has 3 rings (SSSR count). The average molecular weight is 553 g/mol. The van der Waals surface area contributed by atoms with Gasteiger partial charge < -0.3 is 9.80 Å². The molecule has 38 heavy (non-hydrogen) atoms. The lowest BCUT2D eigenvalue weighted by Crippen LogP contribution is -2.41. The van der Waals surface area contributed by atoms with Crippen molar-refractivity contribution in [2.75, 3.05) is 31.1 Å². The molecule has 0 saturated carbocycles. The van der Waals surface area contributed by atoms with Gasteiger partial charge in [0.25, 0.3) is 5.91 Å². The molecule has 1 aliphatic rings. The van der Waals surface area contributed by atoms with Crippen molar-refractivity contribution in [2.45, 2.75) is 66.2 Å². The Bertz CT molecular complexity index is 1150. The number of anilines is 1. The minimum Gasteiger partial charge on any atom is -0.333 e. The number of carbonyl (C=O) groups is 2. The molecular formula is C28H36ClF3N4O2. The number of aromatic nitrogens is 1. The first-order valence-corrected chi connectivity index (χ1v) is 13.3. The Kier molecular flexibility index (Phi) is 9.81. The SMILES string of the molecule is Cc1nc(C(F)(F)F)ccc1C(=O)N1CCN(C(C)C)CCCN(C(=O)CC(C)C)c2cc(Cl)ccc2C1. The first-order chi connectivity index (χ1) is 17.8. The van der Waals surface area contributed by atoms with Crippen molar-refractivity contribution < 1.29 is 22.8 Å². The Hall–Kier alpha value is -2.65. The Balaban J connectivity index is 2.06. The van der Waals surface area contributed by atoms with Gasteiger partial charge in [-0.15, -0.1) is 0 Å². The van der Waals surface area contributed by atoms with E-state index in [1.807, 2.05) is 19.9 Å². The zero-order chi connectivity index (χ0) is 28.2. The molecule has 6 nitrogen and oxygen atoms in total. The van der Waals surface area contributed by atoms with E-state index in [4.69, 9.17) is 11.6 Å². The van der Waals surface area contributed by atoms with Crippen LogP contribution in [0.5, 0.6) is 0 Å². The fraction of sp³-hybridized carbons (Fsp3) is 0.536. The highest BCUT2D eigenvalue weighted by atomic mass is 35.5. The maximum absolute atomic E-state index is 13.7. The molecule has 0 N–H and O–H groups in total. The van der Waals surface area contributed by atoms with Crippen LogP contribution in [0.4, 0.5) is 18.9 Å². The van der Waals surface area contributed by atoms with Crippen LogP contribution in [-0.4, -0.2) is 58.8 Å². The Morgan fingerprint density at radius 3 is 2.34 bits per heavy atom. The number of fused-ring (bicyclic) bond motifs is 1. The number of pyridine rings is 1. The Morgan fingerprint density at radius 2 is 1.74 bits per heavy atom. The zero-order valence-electron chi connectivity index (χ0n) is 22.6. The topological polar surface area (TPSA) is 56.8 Å². The fourth-order valence-electron chi connectivity index (χ4n) is 4.64. The largest absolute Gasteiger partial charge is 0.433 e. The van der Waals surface area contributed by atoms with Crippen molar-refractivity contribution in [2.24, 2.45) is 5.92 Å². The van der Waals surface area contributed by atoms with Gasteiger partial charge in [0.15, 0.2) is 0 Å². The molecule has 0 fully saturated rings. The third-order valence-electron chi connectivity index (χ3n) is 6.69. The second kappa shape index (κ2) is 12.5. The monoisotopic (exact) mass is 552 g/mol. The summed E-state index contributed by atoms with van der Waals surface area (Å²) >= 11 is 6.36. The summed E-state index contributed by atoms with van der Waals surface area (Å²) < 4.78 is 39.5. The molecule has 10 heteroatoms. The fourth-order valence-corrected chi connectivity index (χ4v) is 4.81. The molecule has 0 bridgehead atoms. The smallest absolute Gasteiger partial charge is 0.333 e. The van der Waals surface area contributed by atoms with E-state index in [1.165, 1.54) is 13.0 Å². The van der Waals surface area contributed by atoms with Crippen molar-refractivity contribution in [1.29, 1.82) is 0 Å². The lowest BCUT2D eigenvalue weighted by atomic mass is 10.1. The molecule has 0 aliphatic carbocycles.